The molecule has 2 aromatic heterocycles. The Kier molecular flexibility index (Phi) is 9.55. The van der Waals surface area contributed by atoms with Crippen LogP contribution in [0.15, 0.2) is 60.1 Å². The Morgan fingerprint density at radius 2 is 1.84 bits per heavy atom. The van der Waals surface area contributed by atoms with Crippen LogP contribution in [-0.2, 0) is 37.5 Å². The van der Waals surface area contributed by atoms with E-state index in [1.807, 2.05) is 29.6 Å². The number of alkyl halides is 2. The molecule has 11 nitrogen and oxygen atoms in total. The number of fused-ring (bicyclic) bond motifs is 2. The lowest BCUT2D eigenvalue weighted by Crippen LogP contribution is -2.61. The number of aromatic nitrogens is 1. The van der Waals surface area contributed by atoms with Gasteiger partial charge in [-0.05, 0) is 40.1 Å². The summed E-state index contributed by atoms with van der Waals surface area (Å²) in [5, 5.41) is 5.65. The van der Waals surface area contributed by atoms with Crippen molar-refractivity contribution >= 4 is 58.1 Å². The van der Waals surface area contributed by atoms with Crippen molar-refractivity contribution in [3.8, 4) is 0 Å². The van der Waals surface area contributed by atoms with E-state index in [9.17, 15) is 27.7 Å². The minimum absolute atomic E-state index is 0.117. The van der Waals surface area contributed by atoms with Crippen LogP contribution in [0.1, 0.15) is 58.2 Å². The van der Waals surface area contributed by atoms with Crippen LogP contribution in [-0.4, -0.2) is 74.1 Å². The number of nitrogens with zero attached hydrogens (tertiary/aromatic N) is 3. The highest BCUT2D eigenvalue weighted by molar-refractivity contribution is 7.52. The smallest absolute Gasteiger partial charge is 0.367 e. The molecule has 260 valence electrons. The lowest BCUT2D eigenvalue weighted by Gasteiger charge is -2.43. The number of hydrogen-bond donors (Lipinski definition) is 3. The zero-order chi connectivity index (χ0) is 35.3. The van der Waals surface area contributed by atoms with Crippen molar-refractivity contribution in [2.45, 2.75) is 57.6 Å². The van der Waals surface area contributed by atoms with Gasteiger partial charge >= 0.3 is 13.3 Å². The van der Waals surface area contributed by atoms with Gasteiger partial charge in [0, 0.05) is 41.4 Å². The number of thiazole rings is 1. The maximum absolute atomic E-state index is 14.5. The van der Waals surface area contributed by atoms with Crippen LogP contribution in [0.4, 0.5) is 8.78 Å². The van der Waals surface area contributed by atoms with Crippen molar-refractivity contribution < 1.29 is 42.3 Å². The number of thiophene rings is 1. The lowest BCUT2D eigenvalue weighted by molar-refractivity contribution is -0.153. The molecule has 0 radical (unpaired) electrons. The molecule has 0 aliphatic carbocycles. The SMILES string of the molecule is CC(C)(C)C(NC(=O)c1cc2cc(C(F)(F)P(=O)(O)O)ccc2s1)C(=O)N1Cc2ccccc2C[C@H]1C(=O)N1CCOC(c2nccs2)C1. The molecule has 3 amide bonds. The molecule has 2 aliphatic heterocycles. The van der Waals surface area contributed by atoms with E-state index < -0.39 is 48.1 Å². The average molecular weight is 733 g/mol. The van der Waals surface area contributed by atoms with E-state index in [-0.39, 0.29) is 28.8 Å². The average Bonchev–Trinajstić information content (AvgIpc) is 3.75. The minimum Gasteiger partial charge on any atom is -0.367 e. The highest BCUT2D eigenvalue weighted by Crippen LogP contribution is 2.59. The fourth-order valence-corrected chi connectivity index (χ4v) is 8.20. The van der Waals surface area contributed by atoms with Crippen LogP contribution in [0.2, 0.25) is 0 Å². The Labute approximate surface area is 289 Å². The zero-order valence-electron chi connectivity index (χ0n) is 26.8. The van der Waals surface area contributed by atoms with E-state index >= 15 is 0 Å². The van der Waals surface area contributed by atoms with E-state index in [0.29, 0.717) is 30.8 Å². The number of carbonyl (C=O) groups excluding carboxylic acids is 3. The van der Waals surface area contributed by atoms with Crippen molar-refractivity contribution in [2.75, 3.05) is 19.7 Å². The number of rotatable bonds is 7. The van der Waals surface area contributed by atoms with Crippen molar-refractivity contribution in [2.24, 2.45) is 5.41 Å². The van der Waals surface area contributed by atoms with Gasteiger partial charge in [0.1, 0.15) is 23.2 Å². The second-order valence-electron chi connectivity index (χ2n) is 13.2. The quantitative estimate of drug-likeness (QED) is 0.218. The number of ether oxygens (including phenoxy) is 1. The summed E-state index contributed by atoms with van der Waals surface area (Å²) in [6.45, 7) is 6.52. The van der Waals surface area contributed by atoms with Gasteiger partial charge in [0.2, 0.25) is 11.8 Å². The topological polar surface area (TPSA) is 149 Å². The van der Waals surface area contributed by atoms with Gasteiger partial charge in [0.25, 0.3) is 5.91 Å². The molecule has 49 heavy (non-hydrogen) atoms. The first-order chi connectivity index (χ1) is 23.0. The van der Waals surface area contributed by atoms with Crippen LogP contribution in [0.3, 0.4) is 0 Å². The highest BCUT2D eigenvalue weighted by Gasteiger charge is 2.50. The zero-order valence-corrected chi connectivity index (χ0v) is 29.4. The molecule has 16 heteroatoms. The number of amides is 3. The van der Waals surface area contributed by atoms with Crippen LogP contribution in [0, 0.1) is 5.41 Å². The van der Waals surface area contributed by atoms with E-state index in [1.165, 1.54) is 28.4 Å². The van der Waals surface area contributed by atoms with Crippen molar-refractivity contribution in [3.63, 3.8) is 0 Å². The van der Waals surface area contributed by atoms with Crippen LogP contribution >= 0.6 is 30.3 Å². The Morgan fingerprint density at radius 3 is 2.51 bits per heavy atom. The summed E-state index contributed by atoms with van der Waals surface area (Å²) < 4.78 is 46.5. The van der Waals surface area contributed by atoms with Gasteiger partial charge < -0.3 is 29.6 Å². The Hall–Kier alpha value is -3.59. The van der Waals surface area contributed by atoms with Crippen molar-refractivity contribution in [1.82, 2.24) is 20.1 Å². The number of hydrogen-bond acceptors (Lipinski definition) is 8. The van der Waals surface area contributed by atoms with E-state index in [4.69, 9.17) is 14.5 Å². The molecular formula is C33H35F2N4O7PS2. The van der Waals surface area contributed by atoms with Gasteiger partial charge in [-0.2, -0.15) is 8.78 Å². The fraction of sp³-hybridized carbons (Fsp3) is 0.394. The maximum atomic E-state index is 14.5. The summed E-state index contributed by atoms with van der Waals surface area (Å²) in [4.78, 5) is 68.5. The third kappa shape index (κ3) is 7.05. The monoisotopic (exact) mass is 732 g/mol. The third-order valence-electron chi connectivity index (χ3n) is 8.76. The van der Waals surface area contributed by atoms with E-state index in [2.05, 4.69) is 10.3 Å². The second-order valence-corrected chi connectivity index (χ2v) is 16.8. The molecule has 4 aromatic rings. The molecule has 4 heterocycles. The highest BCUT2D eigenvalue weighted by atomic mass is 32.1. The first-order valence-electron chi connectivity index (χ1n) is 15.5. The standard InChI is InChI=1S/C33H35F2N4O7PS2/c1-32(2,3)27(37-28(40)26-16-21-14-22(8-9-25(21)49-26)33(34,35)47(43,44)45)31(42)39-17-20-7-5-4-6-19(20)15-23(39)30(41)38-11-12-46-24(18-38)29-36-10-13-48-29/h4-10,13-14,16,23-24,27H,11-12,15,17-18H2,1-3H3,(H,37,40)(H2,43,44,45)/t23-,24?,27?/m0/s1. The van der Waals surface area contributed by atoms with Gasteiger partial charge in [-0.1, -0.05) is 51.1 Å². The van der Waals surface area contributed by atoms with Crippen LogP contribution in [0.5, 0.6) is 0 Å². The van der Waals surface area contributed by atoms with Crippen molar-refractivity contribution in [1.29, 1.82) is 0 Å². The summed E-state index contributed by atoms with van der Waals surface area (Å²) >= 11 is 2.44. The molecule has 0 bridgehead atoms. The number of nitrogens with one attached hydrogen (secondary N) is 1. The normalized spacial score (nSPS) is 19.4. The number of halogens is 2. The molecule has 6 rings (SSSR count). The lowest BCUT2D eigenvalue weighted by atomic mass is 9.84. The van der Waals surface area contributed by atoms with Crippen molar-refractivity contribution in [3.05, 3.63) is 86.7 Å². The van der Waals surface area contributed by atoms with Crippen LogP contribution < -0.4 is 5.32 Å². The predicted molar refractivity (Wildman–Crippen MR) is 180 cm³/mol. The summed E-state index contributed by atoms with van der Waals surface area (Å²) in [6.07, 6.45) is 1.60. The number of benzene rings is 2. The number of morpholine rings is 1. The fourth-order valence-electron chi connectivity index (χ4n) is 6.11. The molecular weight excluding hydrogens is 697 g/mol. The largest absolute Gasteiger partial charge is 0.399 e. The van der Waals surface area contributed by atoms with Crippen LogP contribution in [0.25, 0.3) is 10.1 Å². The van der Waals surface area contributed by atoms with Gasteiger partial charge in [0.05, 0.1) is 18.0 Å². The third-order valence-corrected chi connectivity index (χ3v) is 11.7. The molecule has 1 saturated heterocycles. The van der Waals surface area contributed by atoms with Gasteiger partial charge in [-0.25, -0.2) is 4.98 Å². The van der Waals surface area contributed by atoms with E-state index in [1.54, 1.807) is 31.9 Å². The van der Waals surface area contributed by atoms with Gasteiger partial charge in [-0.15, -0.1) is 22.7 Å². The molecule has 1 fully saturated rings. The molecule has 3 atom stereocenters. The summed E-state index contributed by atoms with van der Waals surface area (Å²) in [6, 6.07) is 10.2. The number of carbonyl (C=O) groups is 3. The molecule has 2 unspecified atom stereocenters. The minimum atomic E-state index is -5.79. The first kappa shape index (κ1) is 35.2. The maximum Gasteiger partial charge on any atom is 0.399 e. The Balaban J connectivity index is 1.27. The molecule has 2 aliphatic rings. The molecule has 3 N–H and O–H groups in total. The van der Waals surface area contributed by atoms with E-state index in [0.717, 1.165) is 39.6 Å². The summed E-state index contributed by atoms with van der Waals surface area (Å²) in [5.41, 5.74) is -4.23. The Bertz CT molecular complexity index is 1940. The predicted octanol–water partition coefficient (Wildman–Crippen LogP) is 5.28. The molecule has 0 saturated carbocycles. The molecule has 0 spiro atoms. The first-order valence-corrected chi connectivity index (χ1v) is 18.8. The summed E-state index contributed by atoms with van der Waals surface area (Å²) in [7, 11) is -5.79. The Morgan fingerprint density at radius 1 is 1.10 bits per heavy atom. The summed E-state index contributed by atoms with van der Waals surface area (Å²) in [5.74, 6) is -1.29. The van der Waals surface area contributed by atoms with Gasteiger partial charge in [0.15, 0.2) is 0 Å². The molecule has 2 aromatic carbocycles. The van der Waals surface area contributed by atoms with Gasteiger partial charge in [-0.3, -0.25) is 18.9 Å². The second kappa shape index (κ2) is 13.3.